The summed E-state index contributed by atoms with van der Waals surface area (Å²) in [5.74, 6) is 1.38. The third-order valence-corrected chi connectivity index (χ3v) is 4.14. The summed E-state index contributed by atoms with van der Waals surface area (Å²) in [5.41, 5.74) is 1.18. The van der Waals surface area contributed by atoms with E-state index in [1.54, 1.807) is 18.2 Å². The zero-order chi connectivity index (χ0) is 17.9. The van der Waals surface area contributed by atoms with Crippen molar-refractivity contribution in [1.82, 2.24) is 10.3 Å². The van der Waals surface area contributed by atoms with E-state index in [4.69, 9.17) is 27.6 Å². The quantitative estimate of drug-likeness (QED) is 0.759. The van der Waals surface area contributed by atoms with Gasteiger partial charge in [-0.25, -0.2) is 4.98 Å². The summed E-state index contributed by atoms with van der Waals surface area (Å²) in [6.07, 6.45) is 1.47. The van der Waals surface area contributed by atoms with Gasteiger partial charge in [-0.2, -0.15) is 0 Å². The number of hydrogen-bond acceptors (Lipinski definition) is 3. The Hall–Kier alpha value is -1.52. The van der Waals surface area contributed by atoms with Gasteiger partial charge in [0.25, 0.3) is 5.91 Å². The molecule has 6 heteroatoms. The molecule has 0 saturated carbocycles. The van der Waals surface area contributed by atoms with Crippen LogP contribution in [0.4, 0.5) is 0 Å². The van der Waals surface area contributed by atoms with Crippen LogP contribution >= 0.6 is 23.2 Å². The molecule has 130 valence electrons. The van der Waals surface area contributed by atoms with E-state index in [1.165, 1.54) is 0 Å². The normalized spacial score (nSPS) is 11.6. The predicted molar refractivity (Wildman–Crippen MR) is 97.1 cm³/mol. The van der Waals surface area contributed by atoms with Crippen LogP contribution in [0.2, 0.25) is 10.0 Å². The highest BCUT2D eigenvalue weighted by Gasteiger charge is 2.22. The van der Waals surface area contributed by atoms with E-state index in [-0.39, 0.29) is 11.3 Å². The van der Waals surface area contributed by atoms with Gasteiger partial charge in [-0.1, -0.05) is 44.0 Å². The zero-order valence-electron chi connectivity index (χ0n) is 14.4. The first kappa shape index (κ1) is 18.8. The van der Waals surface area contributed by atoms with E-state index in [9.17, 15) is 4.79 Å². The third-order valence-electron chi connectivity index (χ3n) is 3.57. The van der Waals surface area contributed by atoms with Crippen molar-refractivity contribution in [3.63, 3.8) is 0 Å². The third kappa shape index (κ3) is 4.74. The number of aromatic nitrogens is 1. The molecule has 1 aromatic heterocycles. The Balaban J connectivity index is 1.88. The lowest BCUT2D eigenvalue weighted by atomic mass is 9.97. The van der Waals surface area contributed by atoms with Crippen molar-refractivity contribution < 1.29 is 9.21 Å². The van der Waals surface area contributed by atoms with Crippen molar-refractivity contribution in [1.29, 1.82) is 0 Å². The summed E-state index contributed by atoms with van der Waals surface area (Å²) in [4.78, 5) is 16.6. The molecule has 24 heavy (non-hydrogen) atoms. The van der Waals surface area contributed by atoms with Gasteiger partial charge in [0, 0.05) is 23.4 Å². The highest BCUT2D eigenvalue weighted by Crippen LogP contribution is 2.24. The number of halogens is 2. The zero-order valence-corrected chi connectivity index (χ0v) is 15.9. The van der Waals surface area contributed by atoms with Crippen LogP contribution in [0.1, 0.15) is 54.9 Å². The summed E-state index contributed by atoms with van der Waals surface area (Å²) < 4.78 is 5.84. The van der Waals surface area contributed by atoms with Crippen LogP contribution in [-0.4, -0.2) is 17.4 Å². The van der Waals surface area contributed by atoms with Crippen molar-refractivity contribution in [2.75, 3.05) is 6.54 Å². The van der Waals surface area contributed by atoms with Crippen LogP contribution in [0.5, 0.6) is 0 Å². The van der Waals surface area contributed by atoms with Gasteiger partial charge in [-0.15, -0.1) is 0 Å². The molecule has 0 aliphatic heterocycles. The molecule has 0 aliphatic rings. The fraction of sp³-hybridized carbons (Fsp3) is 0.444. The second-order valence-electron chi connectivity index (χ2n) is 6.76. The Labute approximate surface area is 152 Å². The highest BCUT2D eigenvalue weighted by atomic mass is 35.5. The van der Waals surface area contributed by atoms with Crippen LogP contribution in [0.15, 0.2) is 22.6 Å². The van der Waals surface area contributed by atoms with Gasteiger partial charge >= 0.3 is 0 Å². The van der Waals surface area contributed by atoms with Crippen LogP contribution in [-0.2, 0) is 11.8 Å². The predicted octanol–water partition coefficient (Wildman–Crippen LogP) is 4.95. The second-order valence-corrected chi connectivity index (χ2v) is 7.60. The minimum atomic E-state index is -0.229. The molecular formula is C18H22Cl2N2O2. The van der Waals surface area contributed by atoms with E-state index in [0.29, 0.717) is 22.2 Å². The van der Waals surface area contributed by atoms with E-state index < -0.39 is 0 Å². The molecule has 0 atom stereocenters. The Bertz CT molecular complexity index is 733. The summed E-state index contributed by atoms with van der Waals surface area (Å²) in [5, 5.41) is 3.72. The molecule has 0 bridgehead atoms. The largest absolute Gasteiger partial charge is 0.445 e. The molecule has 0 fully saturated rings. The maximum Gasteiger partial charge on any atom is 0.252 e. The molecule has 1 aromatic carbocycles. The molecule has 0 saturated heterocycles. The molecule has 2 rings (SSSR count). The summed E-state index contributed by atoms with van der Waals surface area (Å²) in [6.45, 7) is 8.66. The van der Waals surface area contributed by atoms with E-state index in [2.05, 4.69) is 31.1 Å². The number of nitrogens with zero attached hydrogens (tertiary/aromatic N) is 1. The van der Waals surface area contributed by atoms with Gasteiger partial charge in [0.15, 0.2) is 5.89 Å². The Kier molecular flexibility index (Phi) is 5.94. The smallest absolute Gasteiger partial charge is 0.252 e. The molecule has 0 radical (unpaired) electrons. The monoisotopic (exact) mass is 368 g/mol. The van der Waals surface area contributed by atoms with E-state index in [0.717, 1.165) is 30.2 Å². The summed E-state index contributed by atoms with van der Waals surface area (Å²) in [7, 11) is 0. The molecule has 0 unspecified atom stereocenters. The fourth-order valence-corrected chi connectivity index (χ4v) is 2.57. The molecule has 0 aliphatic carbocycles. The minimum Gasteiger partial charge on any atom is -0.445 e. The summed E-state index contributed by atoms with van der Waals surface area (Å²) in [6, 6.07) is 4.83. The topological polar surface area (TPSA) is 55.1 Å². The molecule has 2 aromatic rings. The number of aryl methyl sites for hydroxylation is 2. The molecular weight excluding hydrogens is 347 g/mol. The number of hydrogen-bond donors (Lipinski definition) is 1. The van der Waals surface area contributed by atoms with Crippen molar-refractivity contribution in [3.8, 4) is 0 Å². The Morgan fingerprint density at radius 2 is 2.00 bits per heavy atom. The van der Waals surface area contributed by atoms with Gasteiger partial charge in [0.2, 0.25) is 0 Å². The van der Waals surface area contributed by atoms with Gasteiger partial charge in [0.1, 0.15) is 5.76 Å². The molecule has 4 nitrogen and oxygen atoms in total. The lowest BCUT2D eigenvalue weighted by molar-refractivity contribution is 0.0953. The Morgan fingerprint density at radius 3 is 2.62 bits per heavy atom. The first-order chi connectivity index (χ1) is 11.2. The number of nitrogens with one attached hydrogen (secondary N) is 1. The number of oxazole rings is 1. The average Bonchev–Trinajstić information content (AvgIpc) is 2.87. The molecule has 1 amide bonds. The minimum absolute atomic E-state index is 0.111. The number of carbonyl (C=O) groups excluding carboxylic acids is 1. The number of rotatable bonds is 5. The first-order valence-corrected chi connectivity index (χ1v) is 8.64. The van der Waals surface area contributed by atoms with Gasteiger partial charge < -0.3 is 9.73 Å². The summed E-state index contributed by atoms with van der Waals surface area (Å²) >= 11 is 11.9. The van der Waals surface area contributed by atoms with Gasteiger partial charge in [0.05, 0.1) is 16.3 Å². The SMILES string of the molecule is Cc1nc(C(C)(C)C)oc1CCCNC(=O)c1cc(Cl)ccc1Cl. The van der Waals surface area contributed by atoms with E-state index in [1.807, 2.05) is 6.92 Å². The first-order valence-electron chi connectivity index (χ1n) is 7.88. The van der Waals surface area contributed by atoms with Crippen LogP contribution < -0.4 is 5.32 Å². The van der Waals surface area contributed by atoms with Crippen molar-refractivity contribution in [2.45, 2.75) is 46.0 Å². The van der Waals surface area contributed by atoms with Crippen molar-refractivity contribution in [2.24, 2.45) is 0 Å². The molecule has 1 heterocycles. The van der Waals surface area contributed by atoms with Crippen LogP contribution in [0.25, 0.3) is 0 Å². The maximum absolute atomic E-state index is 12.1. The number of carbonyl (C=O) groups is 1. The van der Waals surface area contributed by atoms with Gasteiger partial charge in [-0.3, -0.25) is 4.79 Å². The molecule has 1 N–H and O–H groups in total. The highest BCUT2D eigenvalue weighted by molar-refractivity contribution is 6.35. The lowest BCUT2D eigenvalue weighted by Crippen LogP contribution is -2.25. The van der Waals surface area contributed by atoms with Crippen LogP contribution in [0.3, 0.4) is 0 Å². The fourth-order valence-electron chi connectivity index (χ4n) is 2.20. The maximum atomic E-state index is 12.1. The number of amides is 1. The van der Waals surface area contributed by atoms with E-state index >= 15 is 0 Å². The molecule has 0 spiro atoms. The Morgan fingerprint density at radius 1 is 1.29 bits per heavy atom. The number of benzene rings is 1. The standard InChI is InChI=1S/C18H22Cl2N2O2/c1-11-15(24-17(22-11)18(2,3)4)6-5-9-21-16(23)13-10-12(19)7-8-14(13)20/h7-8,10H,5-6,9H2,1-4H3,(H,21,23). The lowest BCUT2D eigenvalue weighted by Gasteiger charge is -2.12. The van der Waals surface area contributed by atoms with Crippen molar-refractivity contribution in [3.05, 3.63) is 51.2 Å². The van der Waals surface area contributed by atoms with Crippen LogP contribution in [0, 0.1) is 6.92 Å². The van der Waals surface area contributed by atoms with Crippen molar-refractivity contribution >= 4 is 29.1 Å². The van der Waals surface area contributed by atoms with Gasteiger partial charge in [-0.05, 0) is 31.5 Å². The average molecular weight is 369 g/mol. The second kappa shape index (κ2) is 7.58.